The number of hydrogen-bond acceptors (Lipinski definition) is 13. The van der Waals surface area contributed by atoms with E-state index in [1.165, 1.54) is 9.80 Å². The molecule has 0 saturated carbocycles. The first-order valence-corrected chi connectivity index (χ1v) is 25.9. The van der Waals surface area contributed by atoms with E-state index in [1.54, 1.807) is 44.3 Å². The summed E-state index contributed by atoms with van der Waals surface area (Å²) in [6.45, 7) is 3.83. The fourth-order valence-electron chi connectivity index (χ4n) is 9.63. The Morgan fingerprint density at radius 3 is 1.91 bits per heavy atom. The topological polar surface area (TPSA) is 446 Å². The predicted molar refractivity (Wildman–Crippen MR) is 280 cm³/mol. The number of aromatic nitrogens is 1. The zero-order chi connectivity index (χ0) is 56.3. The number of carboxylic acid groups (broad SMARTS) is 2. The number of carboxylic acids is 2. The fraction of sp³-hybridized carbons (Fsp3) is 0.592. The van der Waals surface area contributed by atoms with E-state index in [4.69, 9.17) is 22.9 Å². The largest absolute Gasteiger partial charge is 0.481 e. The molecule has 18 N–H and O–H groups in total. The van der Waals surface area contributed by atoms with Crippen molar-refractivity contribution < 1.29 is 58.2 Å². The van der Waals surface area contributed by atoms with E-state index in [1.807, 2.05) is 0 Å². The zero-order valence-electron chi connectivity index (χ0n) is 43.4. The van der Waals surface area contributed by atoms with Gasteiger partial charge in [0.05, 0.1) is 19.0 Å². The van der Waals surface area contributed by atoms with Crippen molar-refractivity contribution in [3.8, 4) is 0 Å². The molecule has 3 aliphatic rings. The Bertz CT molecular complexity index is 2520. The molecule has 8 amide bonds. The summed E-state index contributed by atoms with van der Waals surface area (Å²) in [7, 11) is 0. The molecule has 77 heavy (non-hydrogen) atoms. The molecule has 0 spiro atoms. The summed E-state index contributed by atoms with van der Waals surface area (Å²) in [5, 5.41) is 38.9. The number of nitrogens with one attached hydrogen (secondary N) is 8. The van der Waals surface area contributed by atoms with Crippen molar-refractivity contribution >= 4 is 82.0 Å². The number of likely N-dealkylation sites (tertiary alicyclic amines) is 2. The molecule has 2 aromatic rings. The fourth-order valence-corrected chi connectivity index (χ4v) is 9.63. The van der Waals surface area contributed by atoms with E-state index in [0.717, 1.165) is 6.42 Å². The summed E-state index contributed by atoms with van der Waals surface area (Å²) in [4.78, 5) is 149. The first kappa shape index (κ1) is 59.8. The lowest BCUT2D eigenvalue weighted by Crippen LogP contribution is -2.61. The summed E-state index contributed by atoms with van der Waals surface area (Å²) >= 11 is 0. The molecule has 1 aromatic carbocycles. The summed E-state index contributed by atoms with van der Waals surface area (Å²) < 4.78 is 0. The highest BCUT2D eigenvalue weighted by atomic mass is 16.4. The Hall–Kier alpha value is -8.04. The summed E-state index contributed by atoms with van der Waals surface area (Å²) in [5.41, 5.74) is 23.1. The number of aliphatic imine (C=N–C) groups is 2. The number of benzene rings is 1. The van der Waals surface area contributed by atoms with Crippen LogP contribution in [0, 0.1) is 5.92 Å². The summed E-state index contributed by atoms with van der Waals surface area (Å²) in [5.74, 6) is -9.75. The maximum Gasteiger partial charge on any atom is 0.326 e. The average molecular weight is 1080 g/mol. The minimum atomic E-state index is -1.85. The van der Waals surface area contributed by atoms with Gasteiger partial charge in [0.2, 0.25) is 47.3 Å². The third-order valence-corrected chi connectivity index (χ3v) is 13.6. The number of nitrogens with two attached hydrogens (primary N) is 4. The maximum atomic E-state index is 14.6. The first-order chi connectivity index (χ1) is 36.6. The van der Waals surface area contributed by atoms with Crippen LogP contribution >= 0.6 is 0 Å². The standard InChI is InChI=1S/C49H74N16O12/c1-26(2)39(46(75)64-20-8-15-35(64)45(74)65-21-9-16-36(65)47(76)77)63-44(73)33(22-27-24-57-29-11-4-3-10-28(27)29)61-43(72)34(23-38(67)68)62-42(71)32(14-7-19-56-49(52)53)59-37(66)25-58-40(69)31(13-6-18-55-48(50)51)60-41(70)30-12-5-17-54-30/h3-4,10-11,24,26,30-36,39,54,57H,5-9,12-23,25H2,1-2H3,(H,58,69)(H,59,66)(H,60,70)(H,61,72)(H,62,71)(H,63,73)(H,67,68)(H,76,77)(H4,50,51,55)(H4,52,53,56)/t30-,31-,32-,33-,34-,35-,36-,39-/m0/s1. The third-order valence-electron chi connectivity index (χ3n) is 13.6. The molecule has 3 saturated heterocycles. The molecule has 5 rings (SSSR count). The second-order valence-electron chi connectivity index (χ2n) is 19.7. The smallest absolute Gasteiger partial charge is 0.326 e. The van der Waals surface area contributed by atoms with Crippen LogP contribution in [-0.2, 0) is 54.4 Å². The lowest BCUT2D eigenvalue weighted by molar-refractivity contribution is -0.152. The number of fused-ring (bicyclic) bond motifs is 1. The van der Waals surface area contributed by atoms with E-state index < -0.39 is 126 Å². The number of aliphatic carboxylic acids is 2. The Balaban J connectivity index is 1.34. The quantitative estimate of drug-likeness (QED) is 0.0222. The van der Waals surface area contributed by atoms with Crippen molar-refractivity contribution in [3.63, 3.8) is 0 Å². The molecule has 0 unspecified atom stereocenters. The highest BCUT2D eigenvalue weighted by Gasteiger charge is 2.44. The molecular weight excluding hydrogens is 1000 g/mol. The molecule has 0 aliphatic carbocycles. The van der Waals surface area contributed by atoms with Crippen molar-refractivity contribution in [3.05, 3.63) is 36.0 Å². The van der Waals surface area contributed by atoms with Gasteiger partial charge in [0.1, 0.15) is 42.3 Å². The number of guanidine groups is 2. The molecule has 3 aliphatic heterocycles. The van der Waals surface area contributed by atoms with Gasteiger partial charge in [-0.3, -0.25) is 53.1 Å². The molecule has 0 radical (unpaired) electrons. The Kier molecular flexibility index (Phi) is 22.3. The van der Waals surface area contributed by atoms with Crippen molar-refractivity contribution in [1.29, 1.82) is 0 Å². The van der Waals surface area contributed by atoms with Crippen LogP contribution in [0.3, 0.4) is 0 Å². The van der Waals surface area contributed by atoms with Gasteiger partial charge < -0.3 is 85.1 Å². The van der Waals surface area contributed by atoms with Crippen molar-refractivity contribution in [1.82, 2.24) is 52.0 Å². The van der Waals surface area contributed by atoms with Crippen molar-refractivity contribution in [2.75, 3.05) is 39.3 Å². The van der Waals surface area contributed by atoms with E-state index in [2.05, 4.69) is 52.2 Å². The summed E-state index contributed by atoms with van der Waals surface area (Å²) in [6, 6.07) is -2.56. The van der Waals surface area contributed by atoms with Crippen molar-refractivity contribution in [2.45, 2.75) is 139 Å². The SMILES string of the molecule is CC(C)[C@H](NC(=O)[C@H](Cc1c[nH]c2ccccc12)NC(=O)[C@H](CC(=O)O)NC(=O)[C@H](CCCN=C(N)N)NC(=O)CNC(=O)[C@H](CCCN=C(N)N)NC(=O)[C@@H]1CCCN1)C(=O)N1CCC[C@H]1C(=O)N1CCC[C@H]1C(=O)O. The molecule has 3 fully saturated rings. The van der Waals surface area contributed by atoms with Gasteiger partial charge in [-0.05, 0) is 88.3 Å². The minimum absolute atomic E-state index is 0.00228. The Labute approximate surface area is 444 Å². The van der Waals surface area contributed by atoms with Gasteiger partial charge in [0.15, 0.2) is 11.9 Å². The second-order valence-corrected chi connectivity index (χ2v) is 19.7. The van der Waals surface area contributed by atoms with Gasteiger partial charge in [-0.15, -0.1) is 0 Å². The van der Waals surface area contributed by atoms with Gasteiger partial charge in [0.25, 0.3) is 0 Å². The molecule has 8 atom stereocenters. The minimum Gasteiger partial charge on any atom is -0.481 e. The number of hydrogen-bond donors (Lipinski definition) is 14. The predicted octanol–water partition coefficient (Wildman–Crippen LogP) is -3.69. The molecule has 0 bridgehead atoms. The van der Waals surface area contributed by atoms with Gasteiger partial charge in [-0.2, -0.15) is 0 Å². The molecule has 4 heterocycles. The van der Waals surface area contributed by atoms with E-state index in [9.17, 15) is 58.2 Å². The van der Waals surface area contributed by atoms with Gasteiger partial charge in [-0.25, -0.2) is 4.79 Å². The monoisotopic (exact) mass is 1080 g/mol. The lowest BCUT2D eigenvalue weighted by Gasteiger charge is -2.34. The lowest BCUT2D eigenvalue weighted by atomic mass is 9.99. The van der Waals surface area contributed by atoms with E-state index in [-0.39, 0.29) is 83.0 Å². The number of carbonyl (C=O) groups excluding carboxylic acids is 8. The summed E-state index contributed by atoms with van der Waals surface area (Å²) in [6.07, 6.45) is 3.58. The molecular formula is C49H74N16O12. The number of aromatic amines is 1. The molecule has 28 heteroatoms. The number of para-hydroxylation sites is 1. The zero-order valence-corrected chi connectivity index (χ0v) is 43.4. The second kappa shape index (κ2) is 28.7. The van der Waals surface area contributed by atoms with Crippen LogP contribution in [0.25, 0.3) is 10.9 Å². The number of H-pyrrole nitrogens is 1. The molecule has 28 nitrogen and oxygen atoms in total. The van der Waals surface area contributed by atoms with Crippen LogP contribution in [0.4, 0.5) is 0 Å². The van der Waals surface area contributed by atoms with Gasteiger partial charge >= 0.3 is 11.9 Å². The number of rotatable bonds is 28. The van der Waals surface area contributed by atoms with Crippen molar-refractivity contribution in [2.24, 2.45) is 38.8 Å². The highest BCUT2D eigenvalue weighted by molar-refractivity contribution is 5.99. The van der Waals surface area contributed by atoms with Gasteiger partial charge in [0, 0.05) is 49.7 Å². The molecule has 422 valence electrons. The number of amides is 8. The van der Waals surface area contributed by atoms with Crippen LogP contribution in [0.15, 0.2) is 40.4 Å². The third kappa shape index (κ3) is 17.5. The van der Waals surface area contributed by atoms with E-state index >= 15 is 0 Å². The van der Waals surface area contributed by atoms with Crippen LogP contribution < -0.4 is 60.2 Å². The van der Waals surface area contributed by atoms with Crippen LogP contribution in [-0.4, -0.2) is 184 Å². The number of carbonyl (C=O) groups is 10. The van der Waals surface area contributed by atoms with Crippen LogP contribution in [0.2, 0.25) is 0 Å². The van der Waals surface area contributed by atoms with Gasteiger partial charge in [-0.1, -0.05) is 32.0 Å². The maximum absolute atomic E-state index is 14.6. The highest BCUT2D eigenvalue weighted by Crippen LogP contribution is 2.27. The first-order valence-electron chi connectivity index (χ1n) is 25.9. The number of nitrogens with zero attached hydrogens (tertiary/aromatic N) is 4. The van der Waals surface area contributed by atoms with Crippen LogP contribution in [0.5, 0.6) is 0 Å². The average Bonchev–Trinajstić information content (AvgIpc) is 4.25. The van der Waals surface area contributed by atoms with E-state index in [0.29, 0.717) is 42.3 Å². The molecule has 1 aromatic heterocycles. The van der Waals surface area contributed by atoms with Crippen LogP contribution in [0.1, 0.15) is 90.0 Å². The Morgan fingerprint density at radius 1 is 0.701 bits per heavy atom. The Morgan fingerprint density at radius 2 is 1.30 bits per heavy atom. The normalized spacial score (nSPS) is 19.0.